The first kappa shape index (κ1) is 20.5. The minimum Gasteiger partial charge on any atom is -0.496 e. The smallest absolute Gasteiger partial charge is 0.319 e. The minimum absolute atomic E-state index is 0.174. The van der Waals surface area contributed by atoms with E-state index in [1.165, 1.54) is 32.4 Å². The number of ether oxygens (including phenoxy) is 1. The Morgan fingerprint density at radius 1 is 1.11 bits per heavy atom. The number of carbonyl (C=O) groups excluding carboxylic acids is 1. The van der Waals surface area contributed by atoms with Crippen molar-refractivity contribution in [2.24, 2.45) is 0 Å². The van der Waals surface area contributed by atoms with E-state index in [9.17, 15) is 4.79 Å². The topological polar surface area (TPSA) is 53.6 Å². The number of hydrogen-bond donors (Lipinski definition) is 2. The highest BCUT2D eigenvalue weighted by molar-refractivity contribution is 6.31. The highest BCUT2D eigenvalue weighted by atomic mass is 35.5. The molecule has 1 saturated heterocycles. The summed E-state index contributed by atoms with van der Waals surface area (Å²) in [4.78, 5) is 14.6. The second-order valence-corrected chi connectivity index (χ2v) is 7.50. The number of nitrogens with one attached hydrogen (secondary N) is 2. The van der Waals surface area contributed by atoms with Crippen LogP contribution < -0.4 is 15.4 Å². The van der Waals surface area contributed by atoms with Crippen molar-refractivity contribution in [2.45, 2.75) is 25.7 Å². The lowest BCUT2D eigenvalue weighted by Crippen LogP contribution is -2.34. The van der Waals surface area contributed by atoms with Crippen LogP contribution >= 0.6 is 11.6 Å². The first-order valence-corrected chi connectivity index (χ1v) is 10.2. The van der Waals surface area contributed by atoms with Crippen LogP contribution in [0, 0.1) is 0 Å². The predicted octanol–water partition coefficient (Wildman–Crippen LogP) is 5.01. The monoisotopic (exact) mass is 401 g/mol. The second-order valence-electron chi connectivity index (χ2n) is 7.06. The van der Waals surface area contributed by atoms with E-state index >= 15 is 0 Å². The molecule has 1 heterocycles. The zero-order chi connectivity index (χ0) is 19.8. The van der Waals surface area contributed by atoms with E-state index in [0.29, 0.717) is 11.6 Å². The third-order valence-corrected chi connectivity index (χ3v) is 5.24. The van der Waals surface area contributed by atoms with E-state index in [0.717, 1.165) is 35.5 Å². The van der Waals surface area contributed by atoms with Gasteiger partial charge in [0.1, 0.15) is 5.75 Å². The maximum Gasteiger partial charge on any atom is 0.319 e. The highest BCUT2D eigenvalue weighted by Gasteiger charge is 2.10. The molecule has 0 radical (unpaired) electrons. The zero-order valence-corrected chi connectivity index (χ0v) is 17.1. The molecular formula is C22H28ClN3O2. The van der Waals surface area contributed by atoms with Gasteiger partial charge in [0.25, 0.3) is 0 Å². The Hall–Kier alpha value is -2.24. The number of likely N-dealkylation sites (tertiary alicyclic amines) is 1. The summed E-state index contributed by atoms with van der Waals surface area (Å²) in [5, 5.41) is 6.46. The van der Waals surface area contributed by atoms with Crippen molar-refractivity contribution in [3.05, 3.63) is 47.5 Å². The summed E-state index contributed by atoms with van der Waals surface area (Å²) in [5.74, 6) is 0.761. The molecule has 2 N–H and O–H groups in total. The van der Waals surface area contributed by atoms with Crippen LogP contribution in [0.15, 0.2) is 42.5 Å². The van der Waals surface area contributed by atoms with Gasteiger partial charge in [0, 0.05) is 22.8 Å². The van der Waals surface area contributed by atoms with Gasteiger partial charge in [-0.15, -0.1) is 0 Å². The Labute approximate surface area is 172 Å². The Bertz CT molecular complexity index is 774. The fourth-order valence-corrected chi connectivity index (χ4v) is 3.67. The molecule has 5 nitrogen and oxygen atoms in total. The summed E-state index contributed by atoms with van der Waals surface area (Å²) in [7, 11) is 1.64. The molecule has 2 amide bonds. The SMILES string of the molecule is COc1ccc(Cl)cc1-c1ccc(NC(=O)NCCCN2CCCCC2)cc1. The Morgan fingerprint density at radius 2 is 1.86 bits per heavy atom. The lowest BCUT2D eigenvalue weighted by atomic mass is 10.0. The standard InChI is InChI=1S/C22H28ClN3O2/c1-28-21-11-8-18(23)16-20(21)17-6-9-19(10-7-17)25-22(27)24-12-5-15-26-13-3-2-4-14-26/h6-11,16H,2-5,12-15H2,1H3,(H2,24,25,27). The maximum absolute atomic E-state index is 12.1. The van der Waals surface area contributed by atoms with Crippen LogP contribution in [-0.2, 0) is 0 Å². The van der Waals surface area contributed by atoms with Gasteiger partial charge in [-0.05, 0) is 74.8 Å². The first-order valence-electron chi connectivity index (χ1n) is 9.87. The summed E-state index contributed by atoms with van der Waals surface area (Å²) < 4.78 is 5.41. The van der Waals surface area contributed by atoms with E-state index in [1.807, 2.05) is 36.4 Å². The molecule has 0 aliphatic carbocycles. The zero-order valence-electron chi connectivity index (χ0n) is 16.3. The third kappa shape index (κ3) is 5.88. The van der Waals surface area contributed by atoms with Gasteiger partial charge in [-0.25, -0.2) is 4.79 Å². The fourth-order valence-electron chi connectivity index (χ4n) is 3.50. The normalized spacial score (nSPS) is 14.5. The van der Waals surface area contributed by atoms with Crippen LogP contribution in [0.5, 0.6) is 5.75 Å². The van der Waals surface area contributed by atoms with Gasteiger partial charge < -0.3 is 20.3 Å². The molecular weight excluding hydrogens is 374 g/mol. The number of hydrogen-bond acceptors (Lipinski definition) is 3. The summed E-state index contributed by atoms with van der Waals surface area (Å²) in [5.41, 5.74) is 2.65. The predicted molar refractivity (Wildman–Crippen MR) is 115 cm³/mol. The molecule has 1 fully saturated rings. The van der Waals surface area contributed by atoms with Gasteiger partial charge in [-0.3, -0.25) is 0 Å². The number of methoxy groups -OCH3 is 1. The van der Waals surface area contributed by atoms with Crippen LogP contribution in [-0.4, -0.2) is 44.2 Å². The average Bonchev–Trinajstić information content (AvgIpc) is 2.72. The number of anilines is 1. The van der Waals surface area contributed by atoms with Gasteiger partial charge in [0.2, 0.25) is 0 Å². The Kier molecular flexibility index (Phi) is 7.57. The summed E-state index contributed by atoms with van der Waals surface area (Å²) in [6, 6.07) is 13.0. The molecule has 3 rings (SSSR count). The van der Waals surface area contributed by atoms with Gasteiger partial charge >= 0.3 is 6.03 Å². The quantitative estimate of drug-likeness (QED) is 0.641. The van der Waals surface area contributed by atoms with Gasteiger partial charge in [0.15, 0.2) is 0 Å². The number of piperidine rings is 1. The molecule has 1 aliphatic heterocycles. The third-order valence-electron chi connectivity index (χ3n) is 5.00. The van der Waals surface area contributed by atoms with E-state index in [1.54, 1.807) is 13.2 Å². The fraction of sp³-hybridized carbons (Fsp3) is 0.409. The molecule has 0 saturated carbocycles. The number of nitrogens with zero attached hydrogens (tertiary/aromatic N) is 1. The lowest BCUT2D eigenvalue weighted by Gasteiger charge is -2.26. The molecule has 2 aromatic rings. The van der Waals surface area contributed by atoms with Crippen molar-refractivity contribution in [3.8, 4) is 16.9 Å². The minimum atomic E-state index is -0.174. The van der Waals surface area contributed by atoms with Gasteiger partial charge in [-0.2, -0.15) is 0 Å². The van der Waals surface area contributed by atoms with Crippen molar-refractivity contribution in [2.75, 3.05) is 38.6 Å². The molecule has 1 aliphatic rings. The molecule has 0 bridgehead atoms. The van der Waals surface area contributed by atoms with Crippen molar-refractivity contribution in [1.82, 2.24) is 10.2 Å². The van der Waals surface area contributed by atoms with Crippen molar-refractivity contribution in [3.63, 3.8) is 0 Å². The number of carbonyl (C=O) groups is 1. The van der Waals surface area contributed by atoms with E-state index in [4.69, 9.17) is 16.3 Å². The first-order chi connectivity index (χ1) is 13.7. The molecule has 0 atom stereocenters. The molecule has 0 spiro atoms. The number of amides is 2. The molecule has 0 aromatic heterocycles. The van der Waals surface area contributed by atoms with Crippen LogP contribution in [0.1, 0.15) is 25.7 Å². The van der Waals surface area contributed by atoms with Crippen molar-refractivity contribution in [1.29, 1.82) is 0 Å². The highest BCUT2D eigenvalue weighted by Crippen LogP contribution is 2.33. The Balaban J connectivity index is 1.47. The molecule has 28 heavy (non-hydrogen) atoms. The number of benzene rings is 2. The average molecular weight is 402 g/mol. The largest absolute Gasteiger partial charge is 0.496 e. The Morgan fingerprint density at radius 3 is 2.57 bits per heavy atom. The summed E-state index contributed by atoms with van der Waals surface area (Å²) in [6.45, 7) is 4.11. The summed E-state index contributed by atoms with van der Waals surface area (Å²) in [6.07, 6.45) is 4.91. The van der Waals surface area contributed by atoms with Crippen LogP contribution in [0.4, 0.5) is 10.5 Å². The van der Waals surface area contributed by atoms with Crippen molar-refractivity contribution < 1.29 is 9.53 Å². The van der Waals surface area contributed by atoms with Crippen LogP contribution in [0.25, 0.3) is 11.1 Å². The van der Waals surface area contributed by atoms with Crippen LogP contribution in [0.3, 0.4) is 0 Å². The molecule has 150 valence electrons. The maximum atomic E-state index is 12.1. The number of urea groups is 1. The number of rotatable bonds is 7. The van der Waals surface area contributed by atoms with Gasteiger partial charge in [-0.1, -0.05) is 30.2 Å². The summed E-state index contributed by atoms with van der Waals surface area (Å²) >= 11 is 6.11. The molecule has 2 aromatic carbocycles. The molecule has 0 unspecified atom stereocenters. The molecule has 6 heteroatoms. The van der Waals surface area contributed by atoms with Crippen molar-refractivity contribution >= 4 is 23.3 Å². The second kappa shape index (κ2) is 10.3. The van der Waals surface area contributed by atoms with Gasteiger partial charge in [0.05, 0.1) is 7.11 Å². The van der Waals surface area contributed by atoms with E-state index < -0.39 is 0 Å². The lowest BCUT2D eigenvalue weighted by molar-refractivity contribution is 0.224. The van der Waals surface area contributed by atoms with Crippen LogP contribution in [0.2, 0.25) is 5.02 Å². The van der Waals surface area contributed by atoms with E-state index in [-0.39, 0.29) is 6.03 Å². The van der Waals surface area contributed by atoms with E-state index in [2.05, 4.69) is 15.5 Å². The number of halogens is 1.